The van der Waals surface area contributed by atoms with Crippen LogP contribution in [0.1, 0.15) is 5.56 Å². The second-order valence-electron chi connectivity index (χ2n) is 4.56. The minimum atomic E-state index is -4.45. The molecule has 7 nitrogen and oxygen atoms in total. The lowest BCUT2D eigenvalue weighted by Crippen LogP contribution is -2.39. The summed E-state index contributed by atoms with van der Waals surface area (Å²) < 4.78 is 41.7. The molecule has 1 aromatic rings. The molecule has 1 aliphatic rings. The molecule has 1 aliphatic heterocycles. The molecule has 0 radical (unpaired) electrons. The maximum atomic E-state index is 12.4. The lowest BCUT2D eigenvalue weighted by Gasteiger charge is -2.12. The number of carbonyl (C=O) groups is 3. The van der Waals surface area contributed by atoms with E-state index in [0.717, 1.165) is 29.2 Å². The van der Waals surface area contributed by atoms with E-state index in [1.165, 1.54) is 0 Å². The molecular weight excluding hydrogens is 319 g/mol. The van der Waals surface area contributed by atoms with Crippen LogP contribution in [0.5, 0.6) is 0 Å². The summed E-state index contributed by atoms with van der Waals surface area (Å²) in [5.74, 6) is -0.500. The average molecular weight is 331 g/mol. The number of nitrogens with zero attached hydrogens (tertiary/aromatic N) is 1. The fourth-order valence-corrected chi connectivity index (χ4v) is 1.80. The Morgan fingerprint density at radius 1 is 1.22 bits per heavy atom. The highest BCUT2D eigenvalue weighted by molar-refractivity contribution is 5.97. The first-order valence-electron chi connectivity index (χ1n) is 6.46. The van der Waals surface area contributed by atoms with E-state index >= 15 is 0 Å². The molecule has 0 aliphatic carbocycles. The Hall–Kier alpha value is -2.78. The van der Waals surface area contributed by atoms with Crippen LogP contribution in [0.15, 0.2) is 24.3 Å². The Balaban J connectivity index is 1.79. The molecule has 124 valence electrons. The Bertz CT molecular complexity index is 600. The molecule has 0 bridgehead atoms. The second-order valence-corrected chi connectivity index (χ2v) is 4.56. The van der Waals surface area contributed by atoms with Gasteiger partial charge in [0.2, 0.25) is 0 Å². The average Bonchev–Trinajstić information content (AvgIpc) is 2.78. The third kappa shape index (κ3) is 4.34. The number of urea groups is 1. The molecule has 0 aromatic heterocycles. The number of imide groups is 1. The van der Waals surface area contributed by atoms with Crippen molar-refractivity contribution in [3.05, 3.63) is 29.8 Å². The zero-order valence-electron chi connectivity index (χ0n) is 11.6. The van der Waals surface area contributed by atoms with E-state index in [-0.39, 0.29) is 25.4 Å². The van der Waals surface area contributed by atoms with Crippen LogP contribution in [0.2, 0.25) is 0 Å². The van der Waals surface area contributed by atoms with Gasteiger partial charge in [0, 0.05) is 18.8 Å². The molecule has 0 unspecified atom stereocenters. The highest BCUT2D eigenvalue weighted by Gasteiger charge is 2.31. The molecule has 2 rings (SSSR count). The fourth-order valence-electron chi connectivity index (χ4n) is 1.80. The van der Waals surface area contributed by atoms with E-state index < -0.39 is 29.8 Å². The third-order valence-electron chi connectivity index (χ3n) is 2.93. The van der Waals surface area contributed by atoms with E-state index in [9.17, 15) is 27.6 Å². The van der Waals surface area contributed by atoms with Gasteiger partial charge in [-0.2, -0.15) is 13.2 Å². The Labute approximate surface area is 128 Å². The molecular formula is C13H12F3N3O4. The lowest BCUT2D eigenvalue weighted by molar-refractivity contribution is -0.137. The van der Waals surface area contributed by atoms with Gasteiger partial charge >= 0.3 is 18.3 Å². The van der Waals surface area contributed by atoms with Crippen LogP contribution in [-0.4, -0.2) is 42.6 Å². The monoisotopic (exact) mass is 331 g/mol. The first-order valence-corrected chi connectivity index (χ1v) is 6.46. The number of ether oxygens (including phenoxy) is 1. The van der Waals surface area contributed by atoms with Crippen LogP contribution in [-0.2, 0) is 15.7 Å². The van der Waals surface area contributed by atoms with Crippen molar-refractivity contribution in [1.82, 2.24) is 10.2 Å². The third-order valence-corrected chi connectivity index (χ3v) is 2.93. The first-order chi connectivity index (χ1) is 10.8. The molecule has 0 spiro atoms. The summed E-state index contributed by atoms with van der Waals surface area (Å²) in [6.45, 7) is -0.401. The molecule has 1 aromatic carbocycles. The molecule has 1 saturated heterocycles. The van der Waals surface area contributed by atoms with E-state index in [4.69, 9.17) is 0 Å². The largest absolute Gasteiger partial charge is 0.439 e. The van der Waals surface area contributed by atoms with Gasteiger partial charge in [-0.1, -0.05) is 0 Å². The van der Waals surface area contributed by atoms with Crippen molar-refractivity contribution in [3.63, 3.8) is 0 Å². The SMILES string of the molecule is O=C(NCCN1C(=O)COC1=O)Nc1ccc(C(F)(F)F)cc1. The van der Waals surface area contributed by atoms with Crippen molar-refractivity contribution >= 4 is 23.7 Å². The molecule has 23 heavy (non-hydrogen) atoms. The quantitative estimate of drug-likeness (QED) is 0.881. The van der Waals surface area contributed by atoms with Gasteiger partial charge in [0.1, 0.15) is 0 Å². The van der Waals surface area contributed by atoms with Gasteiger partial charge in [0.05, 0.1) is 5.56 Å². The molecule has 10 heteroatoms. The van der Waals surface area contributed by atoms with Crippen LogP contribution in [0.4, 0.5) is 28.4 Å². The highest BCUT2D eigenvalue weighted by Crippen LogP contribution is 2.29. The predicted molar refractivity (Wildman–Crippen MR) is 71.5 cm³/mol. The Morgan fingerprint density at radius 2 is 1.87 bits per heavy atom. The smallest absolute Gasteiger partial charge is 0.417 e. The van der Waals surface area contributed by atoms with Crippen LogP contribution in [0, 0.1) is 0 Å². The topological polar surface area (TPSA) is 87.7 Å². The van der Waals surface area contributed by atoms with Crippen LogP contribution < -0.4 is 10.6 Å². The molecule has 4 amide bonds. The van der Waals surface area contributed by atoms with Crippen LogP contribution >= 0.6 is 0 Å². The van der Waals surface area contributed by atoms with Gasteiger partial charge < -0.3 is 15.4 Å². The first kappa shape index (κ1) is 16.6. The van der Waals surface area contributed by atoms with Gasteiger partial charge in [-0.15, -0.1) is 0 Å². The summed E-state index contributed by atoms with van der Waals surface area (Å²) in [7, 11) is 0. The Morgan fingerprint density at radius 3 is 2.39 bits per heavy atom. The van der Waals surface area contributed by atoms with Crippen LogP contribution in [0.3, 0.4) is 0 Å². The number of benzene rings is 1. The summed E-state index contributed by atoms with van der Waals surface area (Å²) in [4.78, 5) is 34.8. The number of halogens is 3. The van der Waals surface area contributed by atoms with Gasteiger partial charge in [0.15, 0.2) is 6.61 Å². The number of rotatable bonds is 4. The minimum absolute atomic E-state index is 0.0205. The number of nitrogens with one attached hydrogen (secondary N) is 2. The van der Waals surface area contributed by atoms with Crippen molar-refractivity contribution in [2.45, 2.75) is 6.18 Å². The summed E-state index contributed by atoms with van der Waals surface area (Å²) in [6, 6.07) is 3.24. The standard InChI is InChI=1S/C13H12F3N3O4/c14-13(15,16)8-1-3-9(4-2-8)18-11(21)17-5-6-19-10(20)7-23-12(19)22/h1-4H,5-7H2,(H2,17,18,21). The lowest BCUT2D eigenvalue weighted by atomic mass is 10.2. The number of carbonyl (C=O) groups excluding carboxylic acids is 3. The zero-order valence-corrected chi connectivity index (χ0v) is 11.6. The fraction of sp³-hybridized carbons (Fsp3) is 0.308. The zero-order chi connectivity index (χ0) is 17.0. The van der Waals surface area contributed by atoms with Crippen LogP contribution in [0.25, 0.3) is 0 Å². The van der Waals surface area contributed by atoms with E-state index in [0.29, 0.717) is 0 Å². The normalized spacial score (nSPS) is 14.7. The predicted octanol–water partition coefficient (Wildman–Crippen LogP) is 1.81. The molecule has 1 heterocycles. The van der Waals surface area contributed by atoms with Crippen molar-refractivity contribution < 1.29 is 32.3 Å². The summed E-state index contributed by atoms with van der Waals surface area (Å²) in [5.41, 5.74) is -0.651. The highest BCUT2D eigenvalue weighted by atomic mass is 19.4. The summed E-state index contributed by atoms with van der Waals surface area (Å²) in [5, 5.41) is 4.70. The van der Waals surface area contributed by atoms with Crippen molar-refractivity contribution in [1.29, 1.82) is 0 Å². The molecule has 0 atom stereocenters. The number of amides is 4. The van der Waals surface area contributed by atoms with Crippen molar-refractivity contribution in [3.8, 4) is 0 Å². The summed E-state index contributed by atoms with van der Waals surface area (Å²) >= 11 is 0. The second kappa shape index (κ2) is 6.55. The van der Waals surface area contributed by atoms with E-state index in [1.54, 1.807) is 0 Å². The number of alkyl halides is 3. The molecule has 2 N–H and O–H groups in total. The van der Waals surface area contributed by atoms with Gasteiger partial charge in [-0.3, -0.25) is 4.79 Å². The molecule has 1 fully saturated rings. The number of anilines is 1. The number of hydrogen-bond acceptors (Lipinski definition) is 4. The molecule has 0 saturated carbocycles. The number of cyclic esters (lactones) is 1. The van der Waals surface area contributed by atoms with Gasteiger partial charge in [-0.05, 0) is 24.3 Å². The van der Waals surface area contributed by atoms with E-state index in [1.807, 2.05) is 0 Å². The maximum absolute atomic E-state index is 12.4. The number of hydrogen-bond donors (Lipinski definition) is 2. The minimum Gasteiger partial charge on any atom is -0.439 e. The van der Waals surface area contributed by atoms with Crippen molar-refractivity contribution in [2.75, 3.05) is 25.0 Å². The Kier molecular flexibility index (Phi) is 4.72. The summed E-state index contributed by atoms with van der Waals surface area (Å²) in [6.07, 6.45) is -5.22. The van der Waals surface area contributed by atoms with Crippen molar-refractivity contribution in [2.24, 2.45) is 0 Å². The maximum Gasteiger partial charge on any atom is 0.417 e. The van der Waals surface area contributed by atoms with Gasteiger partial charge in [0.25, 0.3) is 5.91 Å². The van der Waals surface area contributed by atoms with E-state index in [2.05, 4.69) is 15.4 Å². The van der Waals surface area contributed by atoms with Gasteiger partial charge in [-0.25, -0.2) is 14.5 Å².